The van der Waals surface area contributed by atoms with Gasteiger partial charge in [0, 0.05) is 6.08 Å². The molecule has 0 bridgehead atoms. The molecule has 3 heterocycles. The number of carbonyl (C=O) groups is 1. The number of aliphatic hydroxyl groups excluding tert-OH is 9. The van der Waals surface area contributed by atoms with Gasteiger partial charge in [0.1, 0.15) is 67.1 Å². The van der Waals surface area contributed by atoms with Gasteiger partial charge in [-0.2, -0.15) is 0 Å². The predicted octanol–water partition coefficient (Wildman–Crippen LogP) is -3.92. The van der Waals surface area contributed by atoms with Gasteiger partial charge in [0.2, 0.25) is 0 Å². The normalized spacial score (nSPS) is 35.9. The molecule has 3 aliphatic rings. The summed E-state index contributed by atoms with van der Waals surface area (Å²) >= 11 is 0. The highest BCUT2D eigenvalue weighted by Crippen LogP contribution is 2.33. The first-order chi connectivity index (χ1) is 27.2. The van der Waals surface area contributed by atoms with Crippen LogP contribution < -0.4 is 4.74 Å². The molecule has 0 aromatic heterocycles. The maximum Gasteiger partial charge on any atom is 0.331 e. The largest absolute Gasteiger partial charge is 0.504 e. The molecule has 2 aromatic carbocycles. The van der Waals surface area contributed by atoms with Crippen molar-refractivity contribution in [3.63, 3.8) is 0 Å². The van der Waals surface area contributed by atoms with E-state index >= 15 is 0 Å². The third kappa shape index (κ3) is 10.5. The molecule has 0 spiro atoms. The molecule has 3 aliphatic heterocycles. The standard InChI is InChI=1S/C36H48O21/c1-50-20-11-15(3-6-18(20)40)4-7-24(42)56-32-23(14-52-34-29(47)27(45)25(43)21(12-37)53-34)55-35(51-9-8-16-2-5-17(39)19(41)10-16)31(49)33(32)57-36-30(48)28(46)26(44)22(13-38)54-36/h2-7,10-11,21-23,25-41,43-49H,8-9,12-14H2,1H3/t21-,22-,23-,25-,26-,27+,28+,29-,30-,31-,32-,33-,34-,35-,36+/m1/s1. The van der Waals surface area contributed by atoms with Gasteiger partial charge in [0.05, 0.1) is 33.5 Å². The Hall–Kier alpha value is -3.75. The van der Waals surface area contributed by atoms with Gasteiger partial charge in [-0.1, -0.05) is 12.1 Å². The zero-order valence-electron chi connectivity index (χ0n) is 30.4. The second-order valence-electron chi connectivity index (χ2n) is 13.5. The summed E-state index contributed by atoms with van der Waals surface area (Å²) < 4.78 is 45.2. The molecule has 0 saturated carbocycles. The fraction of sp³-hybridized carbons (Fsp3) is 0.583. The average Bonchev–Trinajstić information content (AvgIpc) is 3.20. The number of phenols is 3. The highest BCUT2D eigenvalue weighted by atomic mass is 16.8. The number of aromatic hydroxyl groups is 3. The minimum Gasteiger partial charge on any atom is -0.504 e. The molecule has 12 N–H and O–H groups in total. The van der Waals surface area contributed by atoms with E-state index in [4.69, 9.17) is 37.9 Å². The number of rotatable bonds is 15. The van der Waals surface area contributed by atoms with Gasteiger partial charge in [-0.15, -0.1) is 0 Å². The third-order valence-corrected chi connectivity index (χ3v) is 9.61. The Morgan fingerprint density at radius 2 is 1.26 bits per heavy atom. The van der Waals surface area contributed by atoms with Crippen molar-refractivity contribution < 1.29 is 104 Å². The molecule has 318 valence electrons. The van der Waals surface area contributed by atoms with Crippen molar-refractivity contribution in [3.05, 3.63) is 53.6 Å². The van der Waals surface area contributed by atoms with E-state index in [9.17, 15) is 66.1 Å². The summed E-state index contributed by atoms with van der Waals surface area (Å²) in [4.78, 5) is 13.4. The van der Waals surface area contributed by atoms with Crippen LogP contribution in [0.1, 0.15) is 11.1 Å². The summed E-state index contributed by atoms with van der Waals surface area (Å²) in [7, 11) is 1.32. The van der Waals surface area contributed by atoms with Gasteiger partial charge in [-0.05, 0) is 47.9 Å². The number of esters is 1. The van der Waals surface area contributed by atoms with E-state index in [-0.39, 0.29) is 30.3 Å². The van der Waals surface area contributed by atoms with Crippen LogP contribution in [0.4, 0.5) is 0 Å². The Labute approximate surface area is 324 Å². The zero-order valence-corrected chi connectivity index (χ0v) is 30.4. The Morgan fingerprint density at radius 1 is 0.667 bits per heavy atom. The van der Waals surface area contributed by atoms with Crippen LogP contribution in [0.2, 0.25) is 0 Å². The summed E-state index contributed by atoms with van der Waals surface area (Å²) in [6.45, 7) is -2.52. The molecule has 3 saturated heterocycles. The molecular formula is C36H48O21. The smallest absolute Gasteiger partial charge is 0.331 e. The monoisotopic (exact) mass is 816 g/mol. The number of ether oxygens (including phenoxy) is 8. The number of carbonyl (C=O) groups excluding carboxylic acids is 1. The quantitative estimate of drug-likeness (QED) is 0.0464. The first-order valence-electron chi connectivity index (χ1n) is 17.8. The number of hydrogen-bond donors (Lipinski definition) is 12. The van der Waals surface area contributed by atoms with Crippen LogP contribution in [0.15, 0.2) is 42.5 Å². The molecule has 15 atom stereocenters. The van der Waals surface area contributed by atoms with E-state index in [1.165, 1.54) is 49.6 Å². The summed E-state index contributed by atoms with van der Waals surface area (Å²) in [5.74, 6) is -1.91. The van der Waals surface area contributed by atoms with Gasteiger partial charge in [0.15, 0.2) is 48.0 Å². The SMILES string of the molecule is COc1cc(C=CC(=O)O[C@H]2[C@H](O[C@@H]3O[C@H](CO)[C@@H](O)[C@H](O)[C@H]3O)[C@@H](O)[C@H](OCCc3ccc(O)c(O)c3)O[C@@H]2CO[C@@H]2O[C@H](CO)[C@@H](O)[C@H](O)[C@H]2O)ccc1O. The van der Waals surface area contributed by atoms with Gasteiger partial charge in [-0.3, -0.25) is 0 Å². The lowest BCUT2D eigenvalue weighted by atomic mass is 9.96. The topological polar surface area (TPSA) is 334 Å². The van der Waals surface area contributed by atoms with E-state index in [0.717, 1.165) is 6.08 Å². The van der Waals surface area contributed by atoms with Gasteiger partial charge in [0.25, 0.3) is 0 Å². The molecule has 0 radical (unpaired) electrons. The average molecular weight is 817 g/mol. The summed E-state index contributed by atoms with van der Waals surface area (Å²) in [6.07, 6.45) is -23.8. The molecular weight excluding hydrogens is 768 g/mol. The summed E-state index contributed by atoms with van der Waals surface area (Å²) in [6, 6.07) is 8.20. The van der Waals surface area contributed by atoms with Crippen molar-refractivity contribution in [1.29, 1.82) is 0 Å². The van der Waals surface area contributed by atoms with E-state index in [2.05, 4.69) is 0 Å². The van der Waals surface area contributed by atoms with Crippen molar-refractivity contribution in [1.82, 2.24) is 0 Å². The van der Waals surface area contributed by atoms with Crippen LogP contribution in [0.5, 0.6) is 23.0 Å². The van der Waals surface area contributed by atoms with Crippen LogP contribution in [-0.2, 0) is 44.4 Å². The Bertz CT molecular complexity index is 1640. The van der Waals surface area contributed by atoms with Crippen LogP contribution in [-0.4, -0.2) is 193 Å². The Morgan fingerprint density at radius 3 is 1.89 bits per heavy atom. The Balaban J connectivity index is 1.45. The summed E-state index contributed by atoms with van der Waals surface area (Å²) in [5, 5.41) is 123. The maximum absolute atomic E-state index is 13.4. The fourth-order valence-electron chi connectivity index (χ4n) is 6.35. The number of methoxy groups -OCH3 is 1. The molecule has 5 rings (SSSR count). The van der Waals surface area contributed by atoms with Gasteiger partial charge in [-0.25, -0.2) is 4.79 Å². The van der Waals surface area contributed by atoms with Crippen molar-refractivity contribution >= 4 is 12.0 Å². The minimum atomic E-state index is -1.98. The second-order valence-corrected chi connectivity index (χ2v) is 13.5. The predicted molar refractivity (Wildman–Crippen MR) is 186 cm³/mol. The van der Waals surface area contributed by atoms with Gasteiger partial charge < -0.3 is 99.2 Å². The fourth-order valence-corrected chi connectivity index (χ4v) is 6.35. The molecule has 0 amide bonds. The molecule has 2 aromatic rings. The Kier molecular flexibility index (Phi) is 15.4. The van der Waals surface area contributed by atoms with Crippen molar-refractivity contribution in [2.75, 3.05) is 33.5 Å². The number of hydrogen-bond acceptors (Lipinski definition) is 21. The van der Waals surface area contributed by atoms with E-state index < -0.39 is 124 Å². The second kappa shape index (κ2) is 19.8. The first kappa shape index (κ1) is 44.4. The lowest BCUT2D eigenvalue weighted by Gasteiger charge is -2.47. The van der Waals surface area contributed by atoms with E-state index in [1.807, 2.05) is 0 Å². The number of benzene rings is 2. The third-order valence-electron chi connectivity index (χ3n) is 9.61. The van der Waals surface area contributed by atoms with Crippen LogP contribution in [0, 0.1) is 0 Å². The number of phenolic OH excluding ortho intramolecular Hbond substituents is 3. The lowest BCUT2D eigenvalue weighted by Crippen LogP contribution is -2.66. The highest BCUT2D eigenvalue weighted by molar-refractivity contribution is 5.87. The lowest BCUT2D eigenvalue weighted by molar-refractivity contribution is -0.366. The first-order valence-corrected chi connectivity index (χ1v) is 17.8. The highest BCUT2D eigenvalue weighted by Gasteiger charge is 2.53. The van der Waals surface area contributed by atoms with Gasteiger partial charge >= 0.3 is 5.97 Å². The van der Waals surface area contributed by atoms with E-state index in [0.29, 0.717) is 11.1 Å². The minimum absolute atomic E-state index is 0.0932. The zero-order chi connectivity index (χ0) is 41.6. The van der Waals surface area contributed by atoms with Crippen molar-refractivity contribution in [2.24, 2.45) is 0 Å². The number of aliphatic hydroxyl groups is 9. The molecule has 0 aliphatic carbocycles. The summed E-state index contributed by atoms with van der Waals surface area (Å²) in [5.41, 5.74) is 0.880. The van der Waals surface area contributed by atoms with Crippen molar-refractivity contribution in [3.8, 4) is 23.0 Å². The van der Waals surface area contributed by atoms with Crippen LogP contribution in [0.3, 0.4) is 0 Å². The molecule has 0 unspecified atom stereocenters. The van der Waals surface area contributed by atoms with Crippen molar-refractivity contribution in [2.45, 2.75) is 98.5 Å². The maximum atomic E-state index is 13.4. The van der Waals surface area contributed by atoms with Crippen LogP contribution in [0.25, 0.3) is 6.08 Å². The molecule has 21 nitrogen and oxygen atoms in total. The van der Waals surface area contributed by atoms with E-state index in [1.54, 1.807) is 0 Å². The molecule has 21 heteroatoms. The molecule has 3 fully saturated rings. The van der Waals surface area contributed by atoms with Crippen LogP contribution >= 0.6 is 0 Å². The molecule has 57 heavy (non-hydrogen) atoms.